The van der Waals surface area contributed by atoms with Crippen molar-refractivity contribution in [1.82, 2.24) is 15.1 Å². The van der Waals surface area contributed by atoms with Crippen molar-refractivity contribution in [1.29, 1.82) is 0 Å². The third-order valence-electron chi connectivity index (χ3n) is 6.98. The Balaban J connectivity index is 1.33. The van der Waals surface area contributed by atoms with E-state index in [1.165, 1.54) is 24.9 Å². The number of benzene rings is 2. The molecule has 2 atom stereocenters. The number of nitrogens with one attached hydrogen (secondary N) is 2. The quantitative estimate of drug-likeness (QED) is 0.454. The summed E-state index contributed by atoms with van der Waals surface area (Å²) in [6.45, 7) is 4.25. The van der Waals surface area contributed by atoms with E-state index in [2.05, 4.69) is 15.5 Å². The number of esters is 1. The van der Waals surface area contributed by atoms with Gasteiger partial charge in [-0.1, -0.05) is 12.1 Å². The summed E-state index contributed by atoms with van der Waals surface area (Å²) >= 11 is 0. The van der Waals surface area contributed by atoms with Gasteiger partial charge < -0.3 is 30.1 Å². The van der Waals surface area contributed by atoms with Crippen LogP contribution in [-0.2, 0) is 4.74 Å². The number of nitrogens with zero attached hydrogens (tertiary/aromatic N) is 2. The molecular weight excluding hydrogens is 488 g/mol. The third-order valence-corrected chi connectivity index (χ3v) is 6.98. The van der Waals surface area contributed by atoms with E-state index in [1.807, 2.05) is 0 Å². The first-order valence-corrected chi connectivity index (χ1v) is 13.1. The second-order valence-electron chi connectivity index (χ2n) is 9.62. The van der Waals surface area contributed by atoms with Crippen LogP contribution in [-0.4, -0.2) is 91.4 Å². The Hall–Kier alpha value is -3.63. The van der Waals surface area contributed by atoms with Gasteiger partial charge in [-0.3, -0.25) is 9.69 Å². The molecule has 0 radical (unpaired) electrons. The predicted octanol–water partition coefficient (Wildman–Crippen LogP) is 2.74. The van der Waals surface area contributed by atoms with Crippen molar-refractivity contribution in [2.45, 2.75) is 37.8 Å². The van der Waals surface area contributed by atoms with E-state index in [0.29, 0.717) is 43.0 Å². The Morgan fingerprint density at radius 3 is 2.47 bits per heavy atom. The molecule has 3 amide bonds. The number of anilines is 1. The number of ether oxygens (including phenoxy) is 2. The highest BCUT2D eigenvalue weighted by atomic mass is 16.5. The average Bonchev–Trinajstić information content (AvgIpc) is 3.38. The summed E-state index contributed by atoms with van der Waals surface area (Å²) in [5.74, 6) is -0.193. The molecule has 0 spiro atoms. The van der Waals surface area contributed by atoms with Gasteiger partial charge in [0.2, 0.25) is 0 Å². The minimum absolute atomic E-state index is 0.122. The van der Waals surface area contributed by atoms with E-state index < -0.39 is 24.1 Å². The molecular formula is C28H36N4O6. The van der Waals surface area contributed by atoms with Crippen LogP contribution in [0.1, 0.15) is 46.4 Å². The molecule has 10 heteroatoms. The van der Waals surface area contributed by atoms with E-state index >= 15 is 0 Å². The number of aliphatic hydroxyl groups excluding tert-OH is 1. The van der Waals surface area contributed by atoms with Gasteiger partial charge in [0.25, 0.3) is 5.91 Å². The molecule has 0 saturated carbocycles. The first-order valence-electron chi connectivity index (χ1n) is 13.1. The Bertz CT molecular complexity index is 1100. The highest BCUT2D eigenvalue weighted by Gasteiger charge is 2.30. The summed E-state index contributed by atoms with van der Waals surface area (Å²) in [6, 6.07) is 12.4. The van der Waals surface area contributed by atoms with Gasteiger partial charge in [0.15, 0.2) is 0 Å². The van der Waals surface area contributed by atoms with Crippen LogP contribution >= 0.6 is 0 Å². The number of aliphatic hydroxyl groups is 1. The molecule has 4 rings (SSSR count). The molecule has 2 heterocycles. The molecule has 3 N–H and O–H groups in total. The maximum absolute atomic E-state index is 13.1. The first-order chi connectivity index (χ1) is 18.4. The topological polar surface area (TPSA) is 120 Å². The number of carbonyl (C=O) groups excluding carboxylic acids is 3. The Morgan fingerprint density at radius 1 is 1.00 bits per heavy atom. The molecule has 2 aliphatic heterocycles. The molecule has 10 nitrogen and oxygen atoms in total. The van der Waals surface area contributed by atoms with Gasteiger partial charge in [-0.2, -0.15) is 0 Å². The molecule has 2 aromatic rings. The molecule has 0 unspecified atom stereocenters. The highest BCUT2D eigenvalue weighted by molar-refractivity contribution is 6.00. The van der Waals surface area contributed by atoms with Gasteiger partial charge in [0.1, 0.15) is 12.4 Å². The summed E-state index contributed by atoms with van der Waals surface area (Å²) in [5, 5.41) is 16.3. The molecule has 2 saturated heterocycles. The number of rotatable bonds is 8. The standard InChI is InChI=1S/C28H36N4O6/c1-37-27(35)22-7-2-3-8-23(22)30-28(36)32-16-6-9-25(33)24(19-32)29-26(34)20-10-12-21(13-11-20)38-18-17-31-14-4-5-15-31/h2-3,7-8,10-13,24-25,33H,4-6,9,14-19H2,1H3,(H,29,34)(H,30,36)/t24-,25-/m1/s1. The van der Waals surface area contributed by atoms with Crippen molar-refractivity contribution < 1.29 is 29.0 Å². The van der Waals surface area contributed by atoms with E-state index in [9.17, 15) is 19.5 Å². The van der Waals surface area contributed by atoms with Gasteiger partial charge in [-0.05, 0) is 75.2 Å². The molecule has 38 heavy (non-hydrogen) atoms. The molecule has 0 bridgehead atoms. The summed E-state index contributed by atoms with van der Waals surface area (Å²) in [6.07, 6.45) is 2.70. The van der Waals surface area contributed by atoms with Crippen LogP contribution in [0.5, 0.6) is 5.75 Å². The molecule has 0 aromatic heterocycles. The van der Waals surface area contributed by atoms with Crippen molar-refractivity contribution in [3.63, 3.8) is 0 Å². The van der Waals surface area contributed by atoms with Crippen LogP contribution in [0.3, 0.4) is 0 Å². The van der Waals surface area contributed by atoms with E-state index in [-0.39, 0.29) is 18.0 Å². The van der Waals surface area contributed by atoms with Crippen LogP contribution in [0.2, 0.25) is 0 Å². The average molecular weight is 525 g/mol. The van der Waals surface area contributed by atoms with Gasteiger partial charge in [0.05, 0.1) is 30.5 Å². The summed E-state index contributed by atoms with van der Waals surface area (Å²) < 4.78 is 10.6. The smallest absolute Gasteiger partial charge is 0.339 e. The lowest BCUT2D eigenvalue weighted by Crippen LogP contribution is -2.50. The van der Waals surface area contributed by atoms with Crippen molar-refractivity contribution in [2.75, 3.05) is 51.8 Å². The van der Waals surface area contributed by atoms with E-state index in [4.69, 9.17) is 9.47 Å². The monoisotopic (exact) mass is 524 g/mol. The zero-order valence-corrected chi connectivity index (χ0v) is 21.7. The number of carbonyl (C=O) groups is 3. The predicted molar refractivity (Wildman–Crippen MR) is 142 cm³/mol. The van der Waals surface area contributed by atoms with Crippen LogP contribution in [0.15, 0.2) is 48.5 Å². The van der Waals surface area contributed by atoms with Crippen molar-refractivity contribution in [3.05, 3.63) is 59.7 Å². The van der Waals surface area contributed by atoms with Gasteiger partial charge in [-0.25, -0.2) is 9.59 Å². The molecule has 2 aliphatic rings. The maximum Gasteiger partial charge on any atom is 0.339 e. The normalized spacial score (nSPS) is 19.9. The van der Waals surface area contributed by atoms with Crippen molar-refractivity contribution >= 4 is 23.6 Å². The molecule has 0 aliphatic carbocycles. The number of para-hydroxylation sites is 1. The van der Waals surface area contributed by atoms with Crippen LogP contribution in [0.4, 0.5) is 10.5 Å². The van der Waals surface area contributed by atoms with E-state index in [1.54, 1.807) is 48.5 Å². The number of methoxy groups -OCH3 is 1. The molecule has 2 fully saturated rings. The number of amides is 3. The fourth-order valence-corrected chi connectivity index (χ4v) is 4.80. The second kappa shape index (κ2) is 13.3. The molecule has 2 aromatic carbocycles. The number of urea groups is 1. The second-order valence-corrected chi connectivity index (χ2v) is 9.62. The minimum Gasteiger partial charge on any atom is -0.492 e. The Labute approximate surface area is 222 Å². The number of hydrogen-bond acceptors (Lipinski definition) is 7. The van der Waals surface area contributed by atoms with Crippen LogP contribution < -0.4 is 15.4 Å². The zero-order valence-electron chi connectivity index (χ0n) is 21.7. The minimum atomic E-state index is -0.799. The SMILES string of the molecule is COC(=O)c1ccccc1NC(=O)N1CCC[C@@H](O)[C@H](NC(=O)c2ccc(OCCN3CCCC3)cc2)C1. The third kappa shape index (κ3) is 7.23. The van der Waals surface area contributed by atoms with Crippen molar-refractivity contribution in [2.24, 2.45) is 0 Å². The summed E-state index contributed by atoms with van der Waals surface area (Å²) in [7, 11) is 1.28. The molecule has 204 valence electrons. The van der Waals surface area contributed by atoms with Crippen LogP contribution in [0, 0.1) is 0 Å². The Kier molecular flexibility index (Phi) is 9.56. The number of likely N-dealkylation sites (tertiary alicyclic amines) is 2. The van der Waals surface area contributed by atoms with Gasteiger partial charge in [0, 0.05) is 25.2 Å². The largest absolute Gasteiger partial charge is 0.492 e. The Morgan fingerprint density at radius 2 is 1.74 bits per heavy atom. The summed E-state index contributed by atoms with van der Waals surface area (Å²) in [4.78, 5) is 42.0. The van der Waals surface area contributed by atoms with Gasteiger partial charge >= 0.3 is 12.0 Å². The van der Waals surface area contributed by atoms with Gasteiger partial charge in [-0.15, -0.1) is 0 Å². The van der Waals surface area contributed by atoms with Crippen LogP contribution in [0.25, 0.3) is 0 Å². The first kappa shape index (κ1) is 27.4. The maximum atomic E-state index is 13.1. The lowest BCUT2D eigenvalue weighted by atomic mass is 10.1. The fourth-order valence-electron chi connectivity index (χ4n) is 4.80. The fraction of sp³-hybridized carbons (Fsp3) is 0.464. The van der Waals surface area contributed by atoms with Crippen molar-refractivity contribution in [3.8, 4) is 5.75 Å². The number of hydrogen-bond donors (Lipinski definition) is 3. The highest BCUT2D eigenvalue weighted by Crippen LogP contribution is 2.19. The summed E-state index contributed by atoms with van der Waals surface area (Å²) in [5.41, 5.74) is 1.01. The zero-order chi connectivity index (χ0) is 26.9. The van der Waals surface area contributed by atoms with E-state index in [0.717, 1.165) is 19.6 Å². The lowest BCUT2D eigenvalue weighted by molar-refractivity contribution is 0.0601. The lowest BCUT2D eigenvalue weighted by Gasteiger charge is -2.27.